The number of rotatable bonds is 3. The zero-order valence-electron chi connectivity index (χ0n) is 10.5. The highest BCUT2D eigenvalue weighted by Crippen LogP contribution is 2.35. The molecule has 1 saturated heterocycles. The van der Waals surface area contributed by atoms with Gasteiger partial charge in [-0.3, -0.25) is 0 Å². The van der Waals surface area contributed by atoms with E-state index in [-0.39, 0.29) is 5.41 Å². The van der Waals surface area contributed by atoms with Gasteiger partial charge in [-0.15, -0.1) is 0 Å². The van der Waals surface area contributed by atoms with E-state index in [0.29, 0.717) is 0 Å². The average molecular weight is 297 g/mol. The summed E-state index contributed by atoms with van der Waals surface area (Å²) in [7, 11) is 0. The summed E-state index contributed by atoms with van der Waals surface area (Å²) in [5.74, 6) is 0. The molecular weight excluding hydrogens is 276 g/mol. The maximum absolute atomic E-state index is 6.06. The molecule has 0 spiro atoms. The average Bonchev–Trinajstić information content (AvgIpc) is 2.40. The van der Waals surface area contributed by atoms with E-state index in [1.807, 2.05) is 0 Å². The summed E-state index contributed by atoms with van der Waals surface area (Å²) < 4.78 is 1.14. The van der Waals surface area contributed by atoms with Crippen LogP contribution < -0.4 is 5.73 Å². The molecule has 0 amide bonds. The monoisotopic (exact) mass is 296 g/mol. The molecule has 1 aromatic rings. The number of nitrogens with zero attached hydrogens (tertiary/aromatic N) is 1. The summed E-state index contributed by atoms with van der Waals surface area (Å²) in [5.41, 5.74) is 7.67. The largest absolute Gasteiger partial charge is 0.330 e. The molecule has 1 aliphatic rings. The van der Waals surface area contributed by atoms with Crippen molar-refractivity contribution in [1.29, 1.82) is 0 Å². The standard InChI is InChI=1S/C14H21BrN2/c1-2-17-9-7-14(11-16,8-10-17)12-3-5-13(15)6-4-12/h3-6H,2,7-11,16H2,1H3. The first-order valence-corrected chi connectivity index (χ1v) is 7.18. The van der Waals surface area contributed by atoms with E-state index < -0.39 is 0 Å². The Balaban J connectivity index is 2.18. The molecule has 17 heavy (non-hydrogen) atoms. The normalized spacial score (nSPS) is 20.4. The van der Waals surface area contributed by atoms with Crippen molar-refractivity contribution in [2.45, 2.75) is 25.2 Å². The molecule has 0 aromatic heterocycles. The lowest BCUT2D eigenvalue weighted by atomic mass is 9.73. The molecule has 0 unspecified atom stereocenters. The summed E-state index contributed by atoms with van der Waals surface area (Å²) in [6.07, 6.45) is 2.36. The molecule has 0 atom stereocenters. The Morgan fingerprint density at radius 2 is 1.82 bits per heavy atom. The number of halogens is 1. The minimum Gasteiger partial charge on any atom is -0.330 e. The first-order valence-electron chi connectivity index (χ1n) is 6.39. The van der Waals surface area contributed by atoms with Crippen molar-refractivity contribution in [1.82, 2.24) is 4.90 Å². The Morgan fingerprint density at radius 1 is 1.24 bits per heavy atom. The molecular formula is C14H21BrN2. The van der Waals surface area contributed by atoms with Crippen LogP contribution in [0.25, 0.3) is 0 Å². The fourth-order valence-corrected chi connectivity index (χ4v) is 2.98. The molecule has 1 fully saturated rings. The van der Waals surface area contributed by atoms with Crippen LogP contribution in [0.1, 0.15) is 25.3 Å². The van der Waals surface area contributed by atoms with Crippen molar-refractivity contribution in [3.05, 3.63) is 34.3 Å². The first-order chi connectivity index (χ1) is 8.20. The third-order valence-electron chi connectivity index (χ3n) is 4.11. The highest BCUT2D eigenvalue weighted by molar-refractivity contribution is 9.10. The number of nitrogens with two attached hydrogens (primary N) is 1. The van der Waals surface area contributed by atoms with E-state index in [9.17, 15) is 0 Å². The van der Waals surface area contributed by atoms with Crippen molar-refractivity contribution in [2.24, 2.45) is 5.73 Å². The highest BCUT2D eigenvalue weighted by Gasteiger charge is 2.34. The van der Waals surface area contributed by atoms with Gasteiger partial charge in [-0.2, -0.15) is 0 Å². The van der Waals surface area contributed by atoms with Crippen LogP contribution in [0.4, 0.5) is 0 Å². The van der Waals surface area contributed by atoms with Crippen molar-refractivity contribution < 1.29 is 0 Å². The molecule has 1 aliphatic heterocycles. The van der Waals surface area contributed by atoms with Crippen LogP contribution in [-0.4, -0.2) is 31.1 Å². The summed E-state index contributed by atoms with van der Waals surface area (Å²) in [6.45, 7) is 6.48. The molecule has 3 heteroatoms. The molecule has 2 N–H and O–H groups in total. The predicted octanol–water partition coefficient (Wildman–Crippen LogP) is 2.76. The van der Waals surface area contributed by atoms with Crippen molar-refractivity contribution in [2.75, 3.05) is 26.2 Å². The molecule has 0 bridgehead atoms. The molecule has 1 aromatic carbocycles. The van der Waals surface area contributed by atoms with Crippen LogP contribution in [0.5, 0.6) is 0 Å². The molecule has 0 radical (unpaired) electrons. The van der Waals surface area contributed by atoms with E-state index in [1.54, 1.807) is 0 Å². The van der Waals surface area contributed by atoms with Gasteiger partial charge in [0, 0.05) is 16.4 Å². The summed E-state index contributed by atoms with van der Waals surface area (Å²) in [5, 5.41) is 0. The Morgan fingerprint density at radius 3 is 2.29 bits per heavy atom. The molecule has 1 heterocycles. The van der Waals surface area contributed by atoms with Gasteiger partial charge in [-0.25, -0.2) is 0 Å². The Labute approximate surface area is 112 Å². The highest BCUT2D eigenvalue weighted by atomic mass is 79.9. The Bertz CT molecular complexity index is 353. The third-order valence-corrected chi connectivity index (χ3v) is 4.64. The van der Waals surface area contributed by atoms with Gasteiger partial charge >= 0.3 is 0 Å². The number of hydrogen-bond donors (Lipinski definition) is 1. The van der Waals surface area contributed by atoms with Crippen LogP contribution >= 0.6 is 15.9 Å². The number of piperidine rings is 1. The minimum atomic E-state index is 0.201. The van der Waals surface area contributed by atoms with Crippen molar-refractivity contribution in [3.63, 3.8) is 0 Å². The van der Waals surface area contributed by atoms with E-state index in [1.165, 1.54) is 31.5 Å². The maximum Gasteiger partial charge on any atom is 0.0175 e. The molecule has 0 aliphatic carbocycles. The molecule has 94 valence electrons. The molecule has 2 rings (SSSR count). The van der Waals surface area contributed by atoms with E-state index in [2.05, 4.69) is 52.0 Å². The Kier molecular flexibility index (Phi) is 4.23. The van der Waals surface area contributed by atoms with Gasteiger partial charge in [0.15, 0.2) is 0 Å². The zero-order valence-corrected chi connectivity index (χ0v) is 12.0. The quantitative estimate of drug-likeness (QED) is 0.929. The smallest absolute Gasteiger partial charge is 0.0175 e. The van der Waals surface area contributed by atoms with Gasteiger partial charge in [0.2, 0.25) is 0 Å². The van der Waals surface area contributed by atoms with Gasteiger partial charge in [-0.1, -0.05) is 35.0 Å². The number of hydrogen-bond acceptors (Lipinski definition) is 2. The van der Waals surface area contributed by atoms with Crippen LogP contribution in [0.15, 0.2) is 28.7 Å². The summed E-state index contributed by atoms with van der Waals surface area (Å²) in [6, 6.07) is 8.69. The second kappa shape index (κ2) is 5.51. The van der Waals surface area contributed by atoms with Gasteiger partial charge in [0.1, 0.15) is 0 Å². The van der Waals surface area contributed by atoms with Crippen molar-refractivity contribution in [3.8, 4) is 0 Å². The SMILES string of the molecule is CCN1CCC(CN)(c2ccc(Br)cc2)CC1. The second-order valence-corrected chi connectivity index (χ2v) is 5.84. The predicted molar refractivity (Wildman–Crippen MR) is 76.2 cm³/mol. The van der Waals surface area contributed by atoms with Crippen LogP contribution in [0.3, 0.4) is 0 Å². The topological polar surface area (TPSA) is 29.3 Å². The van der Waals surface area contributed by atoms with Crippen LogP contribution in [-0.2, 0) is 5.41 Å². The summed E-state index contributed by atoms with van der Waals surface area (Å²) in [4.78, 5) is 2.51. The lowest BCUT2D eigenvalue weighted by Crippen LogP contribution is -2.46. The van der Waals surface area contributed by atoms with Crippen molar-refractivity contribution >= 4 is 15.9 Å². The Hall–Kier alpha value is -0.380. The lowest BCUT2D eigenvalue weighted by Gasteiger charge is -2.41. The van der Waals surface area contributed by atoms with E-state index in [4.69, 9.17) is 5.73 Å². The first kappa shape index (κ1) is 13.1. The maximum atomic E-state index is 6.06. The van der Waals surface area contributed by atoms with Crippen LogP contribution in [0, 0.1) is 0 Å². The van der Waals surface area contributed by atoms with Gasteiger partial charge < -0.3 is 10.6 Å². The van der Waals surface area contributed by atoms with E-state index >= 15 is 0 Å². The second-order valence-electron chi connectivity index (χ2n) is 4.93. The summed E-state index contributed by atoms with van der Waals surface area (Å²) >= 11 is 3.49. The zero-order chi connectivity index (χ0) is 12.3. The molecule has 2 nitrogen and oxygen atoms in total. The number of likely N-dealkylation sites (tertiary alicyclic amines) is 1. The number of benzene rings is 1. The molecule has 0 saturated carbocycles. The minimum absolute atomic E-state index is 0.201. The lowest BCUT2D eigenvalue weighted by molar-refractivity contribution is 0.169. The third kappa shape index (κ3) is 2.72. The van der Waals surface area contributed by atoms with Gasteiger partial charge in [0.05, 0.1) is 0 Å². The fraction of sp³-hybridized carbons (Fsp3) is 0.571. The fourth-order valence-electron chi connectivity index (χ4n) is 2.71. The van der Waals surface area contributed by atoms with Gasteiger partial charge in [0.25, 0.3) is 0 Å². The van der Waals surface area contributed by atoms with Crippen LogP contribution in [0.2, 0.25) is 0 Å². The van der Waals surface area contributed by atoms with Gasteiger partial charge in [-0.05, 0) is 50.2 Å². The van der Waals surface area contributed by atoms with E-state index in [0.717, 1.165) is 17.6 Å².